The lowest BCUT2D eigenvalue weighted by Crippen LogP contribution is -2.10. The number of aryl methyl sites for hydroxylation is 1. The van der Waals surface area contributed by atoms with Gasteiger partial charge < -0.3 is 9.30 Å². The second-order valence-corrected chi connectivity index (χ2v) is 8.55. The van der Waals surface area contributed by atoms with Gasteiger partial charge in [-0.05, 0) is 54.3 Å². The van der Waals surface area contributed by atoms with Crippen LogP contribution in [0.2, 0.25) is 0 Å². The molecule has 0 saturated carbocycles. The molecule has 0 aliphatic carbocycles. The summed E-state index contributed by atoms with van der Waals surface area (Å²) in [7, 11) is 0. The first-order valence-electron chi connectivity index (χ1n) is 9.97. The average molecular weight is 449 g/mol. The number of benzene rings is 3. The van der Waals surface area contributed by atoms with Gasteiger partial charge in [-0.2, -0.15) is 0 Å². The maximum atomic E-state index is 6.26. The lowest BCUT2D eigenvalue weighted by molar-refractivity contribution is 0.296. The molecule has 0 fully saturated rings. The zero-order valence-corrected chi connectivity index (χ0v) is 18.6. The van der Waals surface area contributed by atoms with Crippen molar-refractivity contribution in [3.8, 4) is 17.1 Å². The number of halogens is 1. The van der Waals surface area contributed by atoms with Gasteiger partial charge in [0.05, 0.1) is 17.6 Å². The van der Waals surface area contributed by atoms with E-state index in [2.05, 4.69) is 89.8 Å². The van der Waals surface area contributed by atoms with Crippen LogP contribution in [0.15, 0.2) is 71.2 Å². The number of imidazole rings is 1. The van der Waals surface area contributed by atoms with Crippen molar-refractivity contribution in [2.45, 2.75) is 33.2 Å². The number of aromatic nitrogens is 2. The molecule has 4 rings (SSSR count). The minimum absolute atomic E-state index is 0.428. The Kier molecular flexibility index (Phi) is 5.72. The quantitative estimate of drug-likeness (QED) is 0.318. The molecule has 3 aromatic carbocycles. The van der Waals surface area contributed by atoms with Gasteiger partial charge in [-0.25, -0.2) is 4.98 Å². The Morgan fingerprint density at radius 1 is 1.00 bits per heavy atom. The van der Waals surface area contributed by atoms with E-state index < -0.39 is 0 Å². The van der Waals surface area contributed by atoms with E-state index in [0.29, 0.717) is 12.5 Å². The summed E-state index contributed by atoms with van der Waals surface area (Å²) < 4.78 is 9.56. The molecule has 0 atom stereocenters. The second kappa shape index (κ2) is 8.42. The van der Waals surface area contributed by atoms with Crippen molar-refractivity contribution < 1.29 is 4.74 Å². The molecule has 1 aromatic heterocycles. The predicted octanol–water partition coefficient (Wildman–Crippen LogP) is 6.98. The summed E-state index contributed by atoms with van der Waals surface area (Å²) in [6, 6.07) is 23.0. The van der Waals surface area contributed by atoms with Crippen molar-refractivity contribution in [1.29, 1.82) is 0 Å². The number of rotatable bonds is 6. The van der Waals surface area contributed by atoms with Gasteiger partial charge in [0, 0.05) is 10.0 Å². The Morgan fingerprint density at radius 2 is 1.83 bits per heavy atom. The van der Waals surface area contributed by atoms with Gasteiger partial charge in [0.2, 0.25) is 0 Å². The van der Waals surface area contributed by atoms with Crippen LogP contribution in [0.1, 0.15) is 30.9 Å². The minimum atomic E-state index is 0.428. The molecule has 4 aromatic rings. The molecule has 0 N–H and O–H groups in total. The number of hydrogen-bond acceptors (Lipinski definition) is 2. The molecule has 0 aliphatic heterocycles. The van der Waals surface area contributed by atoms with Gasteiger partial charge in [-0.3, -0.25) is 0 Å². The van der Waals surface area contributed by atoms with Crippen molar-refractivity contribution in [1.82, 2.24) is 9.55 Å². The number of nitrogens with zero attached hydrogens (tertiary/aromatic N) is 2. The smallest absolute Gasteiger partial charge is 0.141 e. The first-order valence-corrected chi connectivity index (χ1v) is 10.8. The molecule has 0 bridgehead atoms. The highest BCUT2D eigenvalue weighted by atomic mass is 79.9. The molecule has 4 heteroatoms. The van der Waals surface area contributed by atoms with Crippen molar-refractivity contribution >= 4 is 27.0 Å². The Labute approximate surface area is 180 Å². The van der Waals surface area contributed by atoms with Crippen LogP contribution in [0.25, 0.3) is 22.4 Å². The molecule has 0 saturated heterocycles. The van der Waals surface area contributed by atoms with Gasteiger partial charge in [0.1, 0.15) is 18.2 Å². The van der Waals surface area contributed by atoms with E-state index in [0.717, 1.165) is 39.2 Å². The summed E-state index contributed by atoms with van der Waals surface area (Å²) in [5, 5.41) is 0. The fourth-order valence-electron chi connectivity index (χ4n) is 3.64. The summed E-state index contributed by atoms with van der Waals surface area (Å²) in [6.07, 6.45) is 0. The Balaban J connectivity index is 1.65. The van der Waals surface area contributed by atoms with Crippen molar-refractivity contribution in [2.24, 2.45) is 0 Å². The van der Waals surface area contributed by atoms with Crippen LogP contribution in [-0.2, 0) is 6.54 Å². The lowest BCUT2D eigenvalue weighted by atomic mass is 10.0. The Bertz CT molecular complexity index is 1150. The fourth-order valence-corrected chi connectivity index (χ4v) is 4.04. The Morgan fingerprint density at radius 3 is 2.62 bits per heavy atom. The normalized spacial score (nSPS) is 11.3. The highest BCUT2D eigenvalue weighted by Gasteiger charge is 2.14. The highest BCUT2D eigenvalue weighted by Crippen LogP contribution is 2.29. The van der Waals surface area contributed by atoms with E-state index in [-0.39, 0.29) is 0 Å². The minimum Gasteiger partial charge on any atom is -0.491 e. The zero-order valence-electron chi connectivity index (χ0n) is 17.0. The zero-order chi connectivity index (χ0) is 20.4. The molecule has 0 spiro atoms. The molecule has 0 amide bonds. The van der Waals surface area contributed by atoms with E-state index in [1.54, 1.807) is 0 Å². The maximum Gasteiger partial charge on any atom is 0.141 e. The summed E-state index contributed by atoms with van der Waals surface area (Å²) in [5.74, 6) is 2.37. The molecule has 29 heavy (non-hydrogen) atoms. The third kappa shape index (κ3) is 4.23. The van der Waals surface area contributed by atoms with Crippen LogP contribution in [0.5, 0.6) is 5.75 Å². The summed E-state index contributed by atoms with van der Waals surface area (Å²) >= 11 is 3.58. The van der Waals surface area contributed by atoms with Crippen LogP contribution < -0.4 is 4.74 Å². The Hall–Kier alpha value is -2.59. The molecular weight excluding hydrogens is 424 g/mol. The van der Waals surface area contributed by atoms with E-state index >= 15 is 0 Å². The van der Waals surface area contributed by atoms with Crippen LogP contribution >= 0.6 is 15.9 Å². The standard InChI is InChI=1S/C25H25BrN2O/c1-17(2)21-12-11-18(3)15-24(21)29-14-13-28-23-10-5-4-9-22(23)27-25(28)19-7-6-8-20(26)16-19/h4-12,15-17H,13-14H2,1-3H3. The molecule has 0 unspecified atom stereocenters. The van der Waals surface area contributed by atoms with E-state index in [9.17, 15) is 0 Å². The molecule has 0 radical (unpaired) electrons. The van der Waals surface area contributed by atoms with Crippen molar-refractivity contribution in [2.75, 3.05) is 6.61 Å². The highest BCUT2D eigenvalue weighted by molar-refractivity contribution is 9.10. The van der Waals surface area contributed by atoms with Gasteiger partial charge in [-0.1, -0.05) is 66.2 Å². The first-order chi connectivity index (χ1) is 14.0. The average Bonchev–Trinajstić information content (AvgIpc) is 3.07. The third-order valence-electron chi connectivity index (χ3n) is 5.10. The van der Waals surface area contributed by atoms with Crippen LogP contribution in [0.4, 0.5) is 0 Å². The fraction of sp³-hybridized carbons (Fsp3) is 0.240. The van der Waals surface area contributed by atoms with E-state index in [1.807, 2.05) is 18.2 Å². The second-order valence-electron chi connectivity index (χ2n) is 7.63. The van der Waals surface area contributed by atoms with Gasteiger partial charge in [-0.15, -0.1) is 0 Å². The first kappa shape index (κ1) is 19.7. The van der Waals surface area contributed by atoms with Crippen LogP contribution in [-0.4, -0.2) is 16.2 Å². The van der Waals surface area contributed by atoms with Gasteiger partial charge in [0.25, 0.3) is 0 Å². The maximum absolute atomic E-state index is 6.26. The third-order valence-corrected chi connectivity index (χ3v) is 5.59. The van der Waals surface area contributed by atoms with E-state index in [4.69, 9.17) is 9.72 Å². The van der Waals surface area contributed by atoms with Crippen LogP contribution in [0, 0.1) is 6.92 Å². The number of fused-ring (bicyclic) bond motifs is 1. The monoisotopic (exact) mass is 448 g/mol. The van der Waals surface area contributed by atoms with Crippen molar-refractivity contribution in [3.63, 3.8) is 0 Å². The molecule has 0 aliphatic rings. The predicted molar refractivity (Wildman–Crippen MR) is 124 cm³/mol. The van der Waals surface area contributed by atoms with E-state index in [1.165, 1.54) is 11.1 Å². The largest absolute Gasteiger partial charge is 0.491 e. The van der Waals surface area contributed by atoms with Gasteiger partial charge in [0.15, 0.2) is 0 Å². The molecule has 3 nitrogen and oxygen atoms in total. The van der Waals surface area contributed by atoms with Gasteiger partial charge >= 0.3 is 0 Å². The lowest BCUT2D eigenvalue weighted by Gasteiger charge is -2.16. The topological polar surface area (TPSA) is 27.1 Å². The molecule has 1 heterocycles. The number of ether oxygens (including phenoxy) is 1. The molecular formula is C25H25BrN2O. The van der Waals surface area contributed by atoms with Crippen LogP contribution in [0.3, 0.4) is 0 Å². The number of para-hydroxylation sites is 2. The summed E-state index contributed by atoms with van der Waals surface area (Å²) in [5.41, 5.74) is 5.68. The number of hydrogen-bond donors (Lipinski definition) is 0. The molecule has 148 valence electrons. The summed E-state index contributed by atoms with van der Waals surface area (Å²) in [6.45, 7) is 7.82. The van der Waals surface area contributed by atoms with Crippen molar-refractivity contribution in [3.05, 3.63) is 82.3 Å². The SMILES string of the molecule is Cc1ccc(C(C)C)c(OCCn2c(-c3cccc(Br)c3)nc3ccccc32)c1. The summed E-state index contributed by atoms with van der Waals surface area (Å²) in [4.78, 5) is 4.90.